The van der Waals surface area contributed by atoms with Crippen LogP contribution in [0.2, 0.25) is 0 Å². The molecule has 0 fully saturated rings. The summed E-state index contributed by atoms with van der Waals surface area (Å²) in [6, 6.07) is 7.80. The first-order valence-corrected chi connectivity index (χ1v) is 4.82. The van der Waals surface area contributed by atoms with E-state index < -0.39 is 5.38 Å². The standard InChI is InChI=1S/C11H13ClO/c1-3-9-6-4-5-7-10(9)11(12)8(2)13/h4-7,11H,3H2,1-2H3. The van der Waals surface area contributed by atoms with Crippen LogP contribution in [-0.4, -0.2) is 5.78 Å². The molecule has 0 bridgehead atoms. The van der Waals surface area contributed by atoms with E-state index in [1.165, 1.54) is 6.92 Å². The maximum absolute atomic E-state index is 11.1. The van der Waals surface area contributed by atoms with Crippen molar-refractivity contribution in [2.24, 2.45) is 0 Å². The largest absolute Gasteiger partial charge is 0.298 e. The second kappa shape index (κ2) is 4.43. The van der Waals surface area contributed by atoms with Crippen molar-refractivity contribution in [3.63, 3.8) is 0 Å². The predicted molar refractivity (Wildman–Crippen MR) is 55.1 cm³/mol. The van der Waals surface area contributed by atoms with Crippen LogP contribution in [0.4, 0.5) is 0 Å². The summed E-state index contributed by atoms with van der Waals surface area (Å²) < 4.78 is 0. The number of hydrogen-bond donors (Lipinski definition) is 0. The van der Waals surface area contributed by atoms with Crippen LogP contribution in [0.25, 0.3) is 0 Å². The van der Waals surface area contributed by atoms with E-state index in [-0.39, 0.29) is 5.78 Å². The Morgan fingerprint density at radius 1 is 1.46 bits per heavy atom. The Bertz CT molecular complexity index is 307. The highest BCUT2D eigenvalue weighted by atomic mass is 35.5. The van der Waals surface area contributed by atoms with E-state index in [1.807, 2.05) is 24.3 Å². The number of hydrogen-bond acceptors (Lipinski definition) is 1. The summed E-state index contributed by atoms with van der Waals surface area (Å²) in [5, 5.41) is -0.490. The molecule has 70 valence electrons. The molecule has 1 unspecified atom stereocenters. The number of carbonyl (C=O) groups is 1. The third kappa shape index (κ3) is 2.31. The summed E-state index contributed by atoms with van der Waals surface area (Å²) in [6.07, 6.45) is 0.909. The maximum Gasteiger partial charge on any atom is 0.152 e. The molecule has 0 radical (unpaired) electrons. The van der Waals surface area contributed by atoms with E-state index in [0.717, 1.165) is 17.5 Å². The SMILES string of the molecule is CCc1ccccc1C(Cl)C(C)=O. The summed E-state index contributed by atoms with van der Waals surface area (Å²) >= 11 is 5.98. The molecule has 1 nitrogen and oxygen atoms in total. The number of alkyl halides is 1. The minimum Gasteiger partial charge on any atom is -0.298 e. The molecule has 0 heterocycles. The van der Waals surface area contributed by atoms with Crippen molar-refractivity contribution in [2.75, 3.05) is 0 Å². The van der Waals surface area contributed by atoms with E-state index >= 15 is 0 Å². The molecule has 2 heteroatoms. The van der Waals surface area contributed by atoms with E-state index in [0.29, 0.717) is 0 Å². The Labute approximate surface area is 83.7 Å². The summed E-state index contributed by atoms with van der Waals surface area (Å²) in [6.45, 7) is 3.58. The van der Waals surface area contributed by atoms with Gasteiger partial charge in [0.05, 0.1) is 0 Å². The van der Waals surface area contributed by atoms with Crippen molar-refractivity contribution in [2.45, 2.75) is 25.6 Å². The fourth-order valence-electron chi connectivity index (χ4n) is 1.32. The van der Waals surface area contributed by atoms with E-state index in [2.05, 4.69) is 6.92 Å². The highest BCUT2D eigenvalue weighted by Gasteiger charge is 2.15. The molecule has 13 heavy (non-hydrogen) atoms. The number of Topliss-reactive ketones (excluding diaryl/α,β-unsaturated/α-hetero) is 1. The fraction of sp³-hybridized carbons (Fsp3) is 0.364. The molecule has 0 spiro atoms. The Morgan fingerprint density at radius 2 is 2.08 bits per heavy atom. The van der Waals surface area contributed by atoms with E-state index in [1.54, 1.807) is 0 Å². The zero-order valence-corrected chi connectivity index (χ0v) is 8.64. The number of carbonyl (C=O) groups excluding carboxylic acids is 1. The van der Waals surface area contributed by atoms with Crippen molar-refractivity contribution in [1.82, 2.24) is 0 Å². The monoisotopic (exact) mass is 196 g/mol. The lowest BCUT2D eigenvalue weighted by atomic mass is 10.0. The molecule has 0 aliphatic rings. The first kappa shape index (κ1) is 10.3. The third-order valence-corrected chi connectivity index (χ3v) is 2.61. The molecule has 1 rings (SSSR count). The Hall–Kier alpha value is -0.820. The highest BCUT2D eigenvalue weighted by Crippen LogP contribution is 2.24. The van der Waals surface area contributed by atoms with Crippen LogP contribution >= 0.6 is 11.6 Å². The summed E-state index contributed by atoms with van der Waals surface area (Å²) in [5.41, 5.74) is 2.09. The minimum absolute atomic E-state index is 0.00238. The first-order chi connectivity index (χ1) is 6.16. The molecule has 0 aliphatic carbocycles. The smallest absolute Gasteiger partial charge is 0.152 e. The molecule has 1 atom stereocenters. The third-order valence-electron chi connectivity index (χ3n) is 2.07. The molecule has 0 saturated heterocycles. The van der Waals surface area contributed by atoms with Crippen LogP contribution in [-0.2, 0) is 11.2 Å². The topological polar surface area (TPSA) is 17.1 Å². The van der Waals surface area contributed by atoms with Crippen LogP contribution < -0.4 is 0 Å². The Balaban J connectivity index is 3.05. The fourth-order valence-corrected chi connectivity index (χ4v) is 1.54. The minimum atomic E-state index is -0.490. The number of rotatable bonds is 3. The quantitative estimate of drug-likeness (QED) is 0.679. The van der Waals surface area contributed by atoms with E-state index in [9.17, 15) is 4.79 Å². The van der Waals surface area contributed by atoms with Crippen LogP contribution in [0.1, 0.15) is 30.4 Å². The zero-order valence-electron chi connectivity index (χ0n) is 7.88. The average Bonchev–Trinajstić information content (AvgIpc) is 2.16. The van der Waals surface area contributed by atoms with Gasteiger partial charge in [-0.2, -0.15) is 0 Å². The molecular formula is C11H13ClO. The van der Waals surface area contributed by atoms with Crippen LogP contribution in [0, 0.1) is 0 Å². The van der Waals surface area contributed by atoms with Gasteiger partial charge >= 0.3 is 0 Å². The van der Waals surface area contributed by atoms with Crippen molar-refractivity contribution in [3.05, 3.63) is 35.4 Å². The summed E-state index contributed by atoms with van der Waals surface area (Å²) in [4.78, 5) is 11.1. The van der Waals surface area contributed by atoms with Gasteiger partial charge in [0.25, 0.3) is 0 Å². The van der Waals surface area contributed by atoms with Crippen molar-refractivity contribution >= 4 is 17.4 Å². The Kier molecular flexibility index (Phi) is 3.49. The lowest BCUT2D eigenvalue weighted by Crippen LogP contribution is -2.04. The van der Waals surface area contributed by atoms with Gasteiger partial charge in [-0.15, -0.1) is 11.6 Å². The number of aryl methyl sites for hydroxylation is 1. The molecule has 1 aromatic carbocycles. The first-order valence-electron chi connectivity index (χ1n) is 4.39. The van der Waals surface area contributed by atoms with Crippen LogP contribution in [0.5, 0.6) is 0 Å². The van der Waals surface area contributed by atoms with Gasteiger partial charge in [0.15, 0.2) is 5.78 Å². The molecule has 0 aliphatic heterocycles. The van der Waals surface area contributed by atoms with Crippen molar-refractivity contribution in [3.8, 4) is 0 Å². The molecule has 0 amide bonds. The zero-order chi connectivity index (χ0) is 9.84. The molecule has 0 N–H and O–H groups in total. The van der Waals surface area contributed by atoms with Gasteiger partial charge < -0.3 is 0 Å². The average molecular weight is 197 g/mol. The second-order valence-corrected chi connectivity index (χ2v) is 3.46. The number of halogens is 1. The maximum atomic E-state index is 11.1. The van der Waals surface area contributed by atoms with Gasteiger partial charge in [0.1, 0.15) is 5.38 Å². The summed E-state index contributed by atoms with van der Waals surface area (Å²) in [7, 11) is 0. The van der Waals surface area contributed by atoms with Crippen molar-refractivity contribution in [1.29, 1.82) is 0 Å². The van der Waals surface area contributed by atoms with Gasteiger partial charge in [-0.25, -0.2) is 0 Å². The normalized spacial score (nSPS) is 12.5. The summed E-state index contributed by atoms with van der Waals surface area (Å²) in [5.74, 6) is 0.00238. The van der Waals surface area contributed by atoms with Gasteiger partial charge in [-0.05, 0) is 24.5 Å². The molecule has 0 saturated carbocycles. The van der Waals surface area contributed by atoms with Crippen molar-refractivity contribution < 1.29 is 4.79 Å². The van der Waals surface area contributed by atoms with Crippen LogP contribution in [0.3, 0.4) is 0 Å². The van der Waals surface area contributed by atoms with Gasteiger partial charge in [0.2, 0.25) is 0 Å². The number of ketones is 1. The van der Waals surface area contributed by atoms with Gasteiger partial charge in [-0.3, -0.25) is 4.79 Å². The van der Waals surface area contributed by atoms with E-state index in [4.69, 9.17) is 11.6 Å². The molecule has 1 aromatic rings. The predicted octanol–water partition coefficient (Wildman–Crippen LogP) is 3.12. The second-order valence-electron chi connectivity index (χ2n) is 3.03. The highest BCUT2D eigenvalue weighted by molar-refractivity contribution is 6.30. The molecule has 0 aromatic heterocycles. The number of benzene rings is 1. The van der Waals surface area contributed by atoms with Gasteiger partial charge in [0, 0.05) is 0 Å². The van der Waals surface area contributed by atoms with Crippen LogP contribution in [0.15, 0.2) is 24.3 Å². The lowest BCUT2D eigenvalue weighted by molar-refractivity contribution is -0.116. The lowest BCUT2D eigenvalue weighted by Gasteiger charge is -2.10. The van der Waals surface area contributed by atoms with Gasteiger partial charge in [-0.1, -0.05) is 31.2 Å². The molecular weight excluding hydrogens is 184 g/mol. The Morgan fingerprint density at radius 3 is 2.62 bits per heavy atom.